The fraction of sp³-hybridized carbons (Fsp3) is 0.714. The molecule has 3 N–H and O–H groups in total. The van der Waals surface area contributed by atoms with Crippen LogP contribution in [-0.2, 0) is 0 Å². The lowest BCUT2D eigenvalue weighted by molar-refractivity contribution is 0.114. The van der Waals surface area contributed by atoms with Crippen LogP contribution in [0, 0.1) is 11.8 Å². The van der Waals surface area contributed by atoms with E-state index in [9.17, 15) is 5.11 Å². The molecule has 3 rings (SSSR count). The van der Waals surface area contributed by atoms with Crippen LogP contribution in [0.4, 0.5) is 5.69 Å². The van der Waals surface area contributed by atoms with Crippen molar-refractivity contribution in [3.05, 3.63) is 16.8 Å². The maximum absolute atomic E-state index is 10.1. The van der Waals surface area contributed by atoms with Crippen LogP contribution in [0.15, 0.2) is 16.8 Å². The smallest absolute Gasteiger partial charge is 0.0571 e. The molecule has 1 aromatic rings. The van der Waals surface area contributed by atoms with Gasteiger partial charge in [0.2, 0.25) is 0 Å². The molecule has 0 spiro atoms. The summed E-state index contributed by atoms with van der Waals surface area (Å²) in [7, 11) is 0. The molecule has 2 heterocycles. The molecule has 100 valence electrons. The third kappa shape index (κ3) is 2.87. The van der Waals surface area contributed by atoms with Gasteiger partial charge in [0.1, 0.15) is 0 Å². The molecule has 18 heavy (non-hydrogen) atoms. The lowest BCUT2D eigenvalue weighted by Gasteiger charge is -2.38. The van der Waals surface area contributed by atoms with Gasteiger partial charge < -0.3 is 15.7 Å². The molecule has 3 atom stereocenters. The summed E-state index contributed by atoms with van der Waals surface area (Å²) >= 11 is 1.73. The molecule has 2 fully saturated rings. The zero-order valence-electron chi connectivity index (χ0n) is 10.7. The van der Waals surface area contributed by atoms with Crippen molar-refractivity contribution in [2.24, 2.45) is 17.6 Å². The maximum atomic E-state index is 10.1. The summed E-state index contributed by atoms with van der Waals surface area (Å²) in [4.78, 5) is 2.38. The average molecular weight is 266 g/mol. The second-order valence-electron chi connectivity index (χ2n) is 5.89. The fourth-order valence-corrected chi connectivity index (χ4v) is 3.74. The minimum Gasteiger partial charge on any atom is -0.393 e. The Hall–Kier alpha value is -0.580. The van der Waals surface area contributed by atoms with Crippen LogP contribution in [0.2, 0.25) is 0 Å². The molecule has 1 aliphatic heterocycles. The Labute approximate surface area is 113 Å². The van der Waals surface area contributed by atoms with E-state index >= 15 is 0 Å². The number of piperidine rings is 1. The van der Waals surface area contributed by atoms with E-state index in [1.54, 1.807) is 11.3 Å². The summed E-state index contributed by atoms with van der Waals surface area (Å²) in [5, 5.41) is 14.4. The summed E-state index contributed by atoms with van der Waals surface area (Å²) < 4.78 is 0. The molecule has 0 amide bonds. The average Bonchev–Trinajstić information content (AvgIpc) is 3.04. The highest BCUT2D eigenvalue weighted by Crippen LogP contribution is 2.36. The number of hydrogen-bond acceptors (Lipinski definition) is 4. The van der Waals surface area contributed by atoms with Gasteiger partial charge in [-0.1, -0.05) is 0 Å². The van der Waals surface area contributed by atoms with Gasteiger partial charge in [-0.2, -0.15) is 11.3 Å². The molecule has 1 aromatic heterocycles. The van der Waals surface area contributed by atoms with Crippen molar-refractivity contribution in [3.63, 3.8) is 0 Å². The van der Waals surface area contributed by atoms with Gasteiger partial charge in [-0.15, -0.1) is 0 Å². The van der Waals surface area contributed by atoms with Gasteiger partial charge in [-0.3, -0.25) is 0 Å². The Bertz CT molecular complexity index is 377. The van der Waals surface area contributed by atoms with Gasteiger partial charge in [-0.05, 0) is 49.0 Å². The number of aliphatic hydroxyl groups excluding tert-OH is 1. The quantitative estimate of drug-likeness (QED) is 0.877. The third-order valence-corrected chi connectivity index (χ3v) is 4.85. The van der Waals surface area contributed by atoms with Crippen LogP contribution < -0.4 is 10.6 Å². The summed E-state index contributed by atoms with van der Waals surface area (Å²) in [5.41, 5.74) is 7.46. The Kier molecular flexibility index (Phi) is 3.59. The van der Waals surface area contributed by atoms with Gasteiger partial charge >= 0.3 is 0 Å². The minimum atomic E-state index is -0.0929. The standard InChI is InChI=1S/C14H22N2OS/c15-12-5-10(6-14(17)11-1-2-11)7-16(8-12)13-3-4-18-9-13/h3-4,9-12,14,17H,1-2,5-8,15H2. The Balaban J connectivity index is 1.61. The summed E-state index contributed by atoms with van der Waals surface area (Å²) in [6, 6.07) is 2.41. The number of hydrogen-bond donors (Lipinski definition) is 2. The van der Waals surface area contributed by atoms with Crippen molar-refractivity contribution < 1.29 is 5.11 Å². The summed E-state index contributed by atoms with van der Waals surface area (Å²) in [6.45, 7) is 2.00. The minimum absolute atomic E-state index is 0.0929. The molecule has 1 aliphatic carbocycles. The summed E-state index contributed by atoms with van der Waals surface area (Å²) in [6.07, 6.45) is 4.33. The number of aliphatic hydroxyl groups is 1. The predicted molar refractivity (Wildman–Crippen MR) is 76.0 cm³/mol. The van der Waals surface area contributed by atoms with Crippen LogP contribution in [0.3, 0.4) is 0 Å². The highest BCUT2D eigenvalue weighted by atomic mass is 32.1. The van der Waals surface area contributed by atoms with Crippen molar-refractivity contribution >= 4 is 17.0 Å². The molecule has 3 unspecified atom stereocenters. The molecular weight excluding hydrogens is 244 g/mol. The van der Waals surface area contributed by atoms with Crippen molar-refractivity contribution in [3.8, 4) is 0 Å². The van der Waals surface area contributed by atoms with Gasteiger partial charge in [0.15, 0.2) is 0 Å². The van der Waals surface area contributed by atoms with Crippen LogP contribution in [0.1, 0.15) is 25.7 Å². The highest BCUT2D eigenvalue weighted by molar-refractivity contribution is 7.08. The second-order valence-corrected chi connectivity index (χ2v) is 6.67. The first-order valence-corrected chi connectivity index (χ1v) is 7.87. The number of nitrogens with zero attached hydrogens (tertiary/aromatic N) is 1. The SMILES string of the molecule is NC1CC(CC(O)C2CC2)CN(c2ccsc2)C1. The van der Waals surface area contributed by atoms with Crippen LogP contribution >= 0.6 is 11.3 Å². The molecule has 1 saturated carbocycles. The van der Waals surface area contributed by atoms with Crippen molar-refractivity contribution in [1.29, 1.82) is 0 Å². The molecule has 0 bridgehead atoms. The van der Waals surface area contributed by atoms with Gasteiger partial charge in [0, 0.05) is 30.2 Å². The molecule has 3 nitrogen and oxygen atoms in total. The monoisotopic (exact) mass is 266 g/mol. The first-order valence-electron chi connectivity index (χ1n) is 6.93. The summed E-state index contributed by atoms with van der Waals surface area (Å²) in [5.74, 6) is 1.13. The van der Waals surface area contributed by atoms with E-state index in [0.717, 1.165) is 25.9 Å². The zero-order chi connectivity index (χ0) is 12.5. The van der Waals surface area contributed by atoms with E-state index in [4.69, 9.17) is 5.73 Å². The van der Waals surface area contributed by atoms with Crippen molar-refractivity contribution in [2.45, 2.75) is 37.8 Å². The number of thiophene rings is 1. The van der Waals surface area contributed by atoms with E-state index in [1.165, 1.54) is 18.5 Å². The lowest BCUT2D eigenvalue weighted by atomic mass is 9.88. The van der Waals surface area contributed by atoms with E-state index in [-0.39, 0.29) is 12.1 Å². The van der Waals surface area contributed by atoms with Gasteiger partial charge in [0.25, 0.3) is 0 Å². The molecular formula is C14H22N2OS. The Morgan fingerprint density at radius 3 is 2.94 bits per heavy atom. The normalized spacial score (nSPS) is 30.4. The van der Waals surface area contributed by atoms with E-state index in [0.29, 0.717) is 11.8 Å². The van der Waals surface area contributed by atoms with E-state index < -0.39 is 0 Å². The molecule has 1 saturated heterocycles. The largest absolute Gasteiger partial charge is 0.393 e. The second kappa shape index (κ2) is 5.19. The molecule has 4 heteroatoms. The maximum Gasteiger partial charge on any atom is 0.0571 e. The third-order valence-electron chi connectivity index (χ3n) is 4.18. The van der Waals surface area contributed by atoms with Crippen LogP contribution in [0.25, 0.3) is 0 Å². The predicted octanol–water partition coefficient (Wildman–Crippen LogP) is 2.06. The molecule has 0 radical (unpaired) electrons. The van der Waals surface area contributed by atoms with Crippen LogP contribution in [-0.4, -0.2) is 30.3 Å². The Morgan fingerprint density at radius 1 is 1.44 bits per heavy atom. The highest BCUT2D eigenvalue weighted by Gasteiger charge is 2.34. The van der Waals surface area contributed by atoms with Crippen molar-refractivity contribution in [2.75, 3.05) is 18.0 Å². The Morgan fingerprint density at radius 2 is 2.28 bits per heavy atom. The molecule has 0 aromatic carbocycles. The number of nitrogens with two attached hydrogens (primary N) is 1. The first kappa shape index (κ1) is 12.5. The van der Waals surface area contributed by atoms with E-state index in [1.807, 2.05) is 0 Å². The number of rotatable bonds is 4. The first-order chi connectivity index (χ1) is 8.72. The van der Waals surface area contributed by atoms with E-state index in [2.05, 4.69) is 21.7 Å². The topological polar surface area (TPSA) is 49.5 Å². The van der Waals surface area contributed by atoms with Gasteiger partial charge in [0.05, 0.1) is 6.10 Å². The molecule has 2 aliphatic rings. The van der Waals surface area contributed by atoms with Crippen LogP contribution in [0.5, 0.6) is 0 Å². The van der Waals surface area contributed by atoms with Gasteiger partial charge in [-0.25, -0.2) is 0 Å². The fourth-order valence-electron chi connectivity index (χ4n) is 3.08. The number of anilines is 1. The lowest BCUT2D eigenvalue weighted by Crippen LogP contribution is -2.47. The van der Waals surface area contributed by atoms with Crippen molar-refractivity contribution in [1.82, 2.24) is 0 Å². The zero-order valence-corrected chi connectivity index (χ0v) is 11.5.